The number of hydrogen-bond donors (Lipinski definition) is 0. The van der Waals surface area contributed by atoms with Gasteiger partial charge in [-0.3, -0.25) is 14.4 Å². The van der Waals surface area contributed by atoms with Gasteiger partial charge in [0.2, 0.25) is 0 Å². The lowest BCUT2D eigenvalue weighted by atomic mass is 9.67. The molecule has 1 aromatic rings. The maximum atomic E-state index is 12.2. The summed E-state index contributed by atoms with van der Waals surface area (Å²) in [6.45, 7) is -0.236. The lowest BCUT2D eigenvalue weighted by Gasteiger charge is -2.36. The fraction of sp³-hybridized carbons (Fsp3) is 0.500. The largest absolute Gasteiger partial charge is 0.457 e. The van der Waals surface area contributed by atoms with E-state index in [0.29, 0.717) is 24.2 Å². The van der Waals surface area contributed by atoms with Gasteiger partial charge in [-0.2, -0.15) is 0 Å². The van der Waals surface area contributed by atoms with Crippen molar-refractivity contribution in [2.24, 2.45) is 17.8 Å². The van der Waals surface area contributed by atoms with Gasteiger partial charge in [-0.05, 0) is 37.8 Å². The molecule has 2 bridgehead atoms. The van der Waals surface area contributed by atoms with Crippen molar-refractivity contribution in [1.82, 2.24) is 0 Å². The van der Waals surface area contributed by atoms with Crippen LogP contribution in [-0.2, 0) is 14.3 Å². The molecule has 0 N–H and O–H groups in total. The van der Waals surface area contributed by atoms with Crippen molar-refractivity contribution in [3.05, 3.63) is 34.3 Å². The third kappa shape index (κ3) is 3.71. The van der Waals surface area contributed by atoms with Crippen LogP contribution in [0.5, 0.6) is 0 Å². The number of carbonyl (C=O) groups is 3. The Labute approximate surface area is 143 Å². The molecule has 4 nitrogen and oxygen atoms in total. The van der Waals surface area contributed by atoms with E-state index in [1.54, 1.807) is 24.3 Å². The Morgan fingerprint density at radius 1 is 1.09 bits per heavy atom. The number of ketones is 2. The van der Waals surface area contributed by atoms with Crippen molar-refractivity contribution >= 4 is 33.5 Å². The number of ether oxygens (including phenoxy) is 1. The van der Waals surface area contributed by atoms with E-state index in [1.165, 1.54) is 0 Å². The summed E-state index contributed by atoms with van der Waals surface area (Å²) in [7, 11) is 0. The third-order valence-electron chi connectivity index (χ3n) is 4.89. The number of esters is 1. The van der Waals surface area contributed by atoms with E-state index in [9.17, 15) is 14.4 Å². The molecule has 0 aromatic heterocycles. The first-order valence-corrected chi connectivity index (χ1v) is 8.83. The molecule has 5 heteroatoms. The van der Waals surface area contributed by atoms with Gasteiger partial charge in [-0.25, -0.2) is 0 Å². The van der Waals surface area contributed by atoms with Gasteiger partial charge < -0.3 is 4.74 Å². The highest BCUT2D eigenvalue weighted by molar-refractivity contribution is 9.10. The molecule has 0 saturated heterocycles. The Hall–Kier alpha value is -1.49. The first kappa shape index (κ1) is 16.4. The fourth-order valence-corrected chi connectivity index (χ4v) is 3.91. The zero-order valence-electron chi connectivity index (χ0n) is 12.8. The standard InChI is InChI=1S/C18H19BrO4/c19-15-6-4-11(5-7-15)16(20)10-23-18(22)14-8-12-2-1-3-13(9-14)17(12)21/h4-7,12-14H,1-3,8-10H2/t12-,13-/m1/s1. The zero-order valence-corrected chi connectivity index (χ0v) is 14.4. The first-order valence-electron chi connectivity index (χ1n) is 8.03. The number of halogens is 1. The average molecular weight is 379 g/mol. The highest BCUT2D eigenvalue weighted by atomic mass is 79.9. The smallest absolute Gasteiger partial charge is 0.309 e. The molecule has 0 heterocycles. The van der Waals surface area contributed by atoms with E-state index >= 15 is 0 Å². The summed E-state index contributed by atoms with van der Waals surface area (Å²) >= 11 is 3.31. The molecule has 0 spiro atoms. The molecule has 0 radical (unpaired) electrons. The SMILES string of the molecule is O=C(COC(=O)C1C[C@H]2CCC[C@H](C1)C2=O)c1ccc(Br)cc1. The van der Waals surface area contributed by atoms with E-state index < -0.39 is 0 Å². The molecule has 2 aliphatic carbocycles. The first-order chi connectivity index (χ1) is 11.0. The van der Waals surface area contributed by atoms with Gasteiger partial charge in [0.15, 0.2) is 12.4 Å². The summed E-state index contributed by atoms with van der Waals surface area (Å²) in [4.78, 5) is 36.3. The van der Waals surface area contributed by atoms with E-state index in [0.717, 1.165) is 23.7 Å². The predicted octanol–water partition coefficient (Wildman–Crippen LogP) is 3.57. The molecule has 2 saturated carbocycles. The normalized spacial score (nSPS) is 26.7. The van der Waals surface area contributed by atoms with Crippen LogP contribution in [0.2, 0.25) is 0 Å². The van der Waals surface area contributed by atoms with Crippen LogP contribution in [0, 0.1) is 17.8 Å². The summed E-state index contributed by atoms with van der Waals surface area (Å²) in [5, 5.41) is 0. The van der Waals surface area contributed by atoms with Crippen LogP contribution in [0.25, 0.3) is 0 Å². The summed E-state index contributed by atoms with van der Waals surface area (Å²) < 4.78 is 6.11. The molecular formula is C18H19BrO4. The van der Waals surface area contributed by atoms with Crippen LogP contribution in [0.3, 0.4) is 0 Å². The lowest BCUT2D eigenvalue weighted by Crippen LogP contribution is -2.39. The molecule has 2 aliphatic rings. The summed E-state index contributed by atoms with van der Waals surface area (Å²) in [5.41, 5.74) is 0.525. The lowest BCUT2D eigenvalue weighted by molar-refractivity contribution is -0.152. The van der Waals surface area contributed by atoms with Crippen LogP contribution in [0.1, 0.15) is 42.5 Å². The molecule has 23 heavy (non-hydrogen) atoms. The van der Waals surface area contributed by atoms with Crippen molar-refractivity contribution < 1.29 is 19.1 Å². The van der Waals surface area contributed by atoms with Gasteiger partial charge in [-0.15, -0.1) is 0 Å². The van der Waals surface area contributed by atoms with Crippen LogP contribution in [0.4, 0.5) is 0 Å². The maximum Gasteiger partial charge on any atom is 0.309 e. The number of carbonyl (C=O) groups excluding carboxylic acids is 3. The van der Waals surface area contributed by atoms with Crippen LogP contribution < -0.4 is 0 Å². The Morgan fingerprint density at radius 3 is 2.30 bits per heavy atom. The maximum absolute atomic E-state index is 12.2. The van der Waals surface area contributed by atoms with Crippen molar-refractivity contribution in [3.63, 3.8) is 0 Å². The Morgan fingerprint density at radius 2 is 1.70 bits per heavy atom. The Kier molecular flexibility index (Phi) is 4.95. The number of rotatable bonds is 4. The monoisotopic (exact) mass is 378 g/mol. The minimum Gasteiger partial charge on any atom is -0.457 e. The molecule has 2 fully saturated rings. The molecule has 0 unspecified atom stereocenters. The molecule has 0 amide bonds. The summed E-state index contributed by atoms with van der Waals surface area (Å²) in [6.07, 6.45) is 4.01. The van der Waals surface area contributed by atoms with Crippen molar-refractivity contribution in [2.45, 2.75) is 32.1 Å². The molecule has 0 aliphatic heterocycles. The van der Waals surface area contributed by atoms with Gasteiger partial charge in [0.05, 0.1) is 5.92 Å². The zero-order chi connectivity index (χ0) is 16.4. The Bertz CT molecular complexity index is 606. The second-order valence-electron chi connectivity index (χ2n) is 6.43. The molecule has 122 valence electrons. The van der Waals surface area contributed by atoms with Crippen molar-refractivity contribution in [2.75, 3.05) is 6.61 Å². The van der Waals surface area contributed by atoms with Crippen LogP contribution in [0.15, 0.2) is 28.7 Å². The van der Waals surface area contributed by atoms with Crippen LogP contribution >= 0.6 is 15.9 Å². The number of Topliss-reactive ketones (excluding diaryl/α,β-unsaturated/α-hetero) is 2. The predicted molar refractivity (Wildman–Crippen MR) is 88.0 cm³/mol. The van der Waals surface area contributed by atoms with Gasteiger partial charge in [0.25, 0.3) is 0 Å². The van der Waals surface area contributed by atoms with E-state index in [4.69, 9.17) is 4.74 Å². The minimum absolute atomic E-state index is 0.0159. The second-order valence-corrected chi connectivity index (χ2v) is 7.35. The Balaban J connectivity index is 1.54. The molecule has 1 aromatic carbocycles. The van der Waals surface area contributed by atoms with E-state index in [1.807, 2.05) is 0 Å². The van der Waals surface area contributed by atoms with Crippen molar-refractivity contribution in [1.29, 1.82) is 0 Å². The van der Waals surface area contributed by atoms with Gasteiger partial charge in [0, 0.05) is 21.9 Å². The number of benzene rings is 1. The van der Waals surface area contributed by atoms with Crippen LogP contribution in [-0.4, -0.2) is 24.1 Å². The van der Waals surface area contributed by atoms with E-state index in [-0.39, 0.29) is 36.1 Å². The van der Waals surface area contributed by atoms with Gasteiger partial charge in [0.1, 0.15) is 5.78 Å². The quantitative estimate of drug-likeness (QED) is 0.593. The highest BCUT2D eigenvalue weighted by Crippen LogP contribution is 2.40. The molecule has 2 atom stereocenters. The topological polar surface area (TPSA) is 60.4 Å². The minimum atomic E-state index is -0.333. The second kappa shape index (κ2) is 6.95. The molecular weight excluding hydrogens is 360 g/mol. The van der Waals surface area contributed by atoms with E-state index in [2.05, 4.69) is 15.9 Å². The summed E-state index contributed by atoms with van der Waals surface area (Å²) in [5.74, 6) is -0.422. The third-order valence-corrected chi connectivity index (χ3v) is 5.42. The van der Waals surface area contributed by atoms with Gasteiger partial charge >= 0.3 is 5.97 Å². The molecule has 3 rings (SSSR count). The van der Waals surface area contributed by atoms with Crippen molar-refractivity contribution in [3.8, 4) is 0 Å². The summed E-state index contributed by atoms with van der Waals surface area (Å²) in [6, 6.07) is 6.96. The fourth-order valence-electron chi connectivity index (χ4n) is 3.65. The number of hydrogen-bond acceptors (Lipinski definition) is 4. The number of fused-ring (bicyclic) bond motifs is 2. The highest BCUT2D eigenvalue weighted by Gasteiger charge is 2.41. The van der Waals surface area contributed by atoms with Gasteiger partial charge in [-0.1, -0.05) is 34.5 Å². The average Bonchev–Trinajstić information content (AvgIpc) is 2.52.